The molecule has 0 aliphatic rings. The van der Waals surface area contributed by atoms with E-state index in [1.807, 2.05) is 44.4 Å². The molecule has 0 bridgehead atoms. The van der Waals surface area contributed by atoms with Crippen molar-refractivity contribution in [3.05, 3.63) is 35.9 Å². The van der Waals surface area contributed by atoms with Crippen LogP contribution in [0.5, 0.6) is 5.88 Å². The number of alkyl halides is 1. The molecule has 0 atom stereocenters. The van der Waals surface area contributed by atoms with Gasteiger partial charge in [0, 0.05) is 23.9 Å². The summed E-state index contributed by atoms with van der Waals surface area (Å²) in [4.78, 5) is 6.55. The quantitative estimate of drug-likeness (QED) is 0.777. The highest BCUT2D eigenvalue weighted by Crippen LogP contribution is 2.23. The van der Waals surface area contributed by atoms with Crippen molar-refractivity contribution in [1.29, 1.82) is 0 Å². The zero-order valence-electron chi connectivity index (χ0n) is 10.7. The molecule has 0 saturated carbocycles. The molecule has 0 N–H and O–H groups in total. The van der Waals surface area contributed by atoms with E-state index in [1.54, 1.807) is 0 Å². The van der Waals surface area contributed by atoms with Crippen LogP contribution in [0, 0.1) is 0 Å². The fourth-order valence-corrected chi connectivity index (χ4v) is 1.96. The van der Waals surface area contributed by atoms with Crippen molar-refractivity contribution in [2.24, 2.45) is 0 Å². The summed E-state index contributed by atoms with van der Waals surface area (Å²) >= 11 is 5.97. The van der Waals surface area contributed by atoms with Gasteiger partial charge in [-0.05, 0) is 25.7 Å². The topological polar surface area (TPSA) is 25.4 Å². The van der Waals surface area contributed by atoms with Crippen molar-refractivity contribution in [2.75, 3.05) is 27.2 Å². The number of hydrogen-bond acceptors (Lipinski definition) is 3. The minimum atomic E-state index is 0.465. The van der Waals surface area contributed by atoms with Gasteiger partial charge in [-0.3, -0.25) is 0 Å². The Labute approximate surface area is 112 Å². The molecule has 0 amide bonds. The van der Waals surface area contributed by atoms with E-state index >= 15 is 0 Å². The second-order valence-corrected chi connectivity index (χ2v) is 4.69. The van der Waals surface area contributed by atoms with Gasteiger partial charge in [0.05, 0.1) is 5.52 Å². The molecule has 0 unspecified atom stereocenters. The number of pyridine rings is 1. The van der Waals surface area contributed by atoms with Crippen LogP contribution in [-0.2, 0) is 5.88 Å². The van der Waals surface area contributed by atoms with Crippen molar-refractivity contribution < 1.29 is 4.74 Å². The monoisotopic (exact) mass is 264 g/mol. The Hall–Kier alpha value is -1.32. The molecule has 1 aromatic carbocycles. The first-order valence-corrected chi connectivity index (χ1v) is 6.46. The average molecular weight is 265 g/mol. The van der Waals surface area contributed by atoms with Gasteiger partial charge in [0.25, 0.3) is 0 Å². The summed E-state index contributed by atoms with van der Waals surface area (Å²) in [6, 6.07) is 9.89. The number of ether oxygens (including phenoxy) is 1. The summed E-state index contributed by atoms with van der Waals surface area (Å²) in [5.74, 6) is 1.11. The molecule has 0 saturated heterocycles. The summed E-state index contributed by atoms with van der Waals surface area (Å²) in [6.45, 7) is 1.49. The zero-order valence-corrected chi connectivity index (χ0v) is 11.4. The fourth-order valence-electron chi connectivity index (χ4n) is 1.74. The maximum absolute atomic E-state index is 5.97. The first-order valence-electron chi connectivity index (χ1n) is 5.93. The smallest absolute Gasteiger partial charge is 0.214 e. The van der Waals surface area contributed by atoms with Crippen LogP contribution in [0.25, 0.3) is 10.9 Å². The molecule has 2 rings (SSSR count). The third kappa shape index (κ3) is 3.12. The maximum Gasteiger partial charge on any atom is 0.214 e. The van der Waals surface area contributed by atoms with Crippen LogP contribution in [0.4, 0.5) is 0 Å². The largest absolute Gasteiger partial charge is 0.476 e. The Kier molecular flexibility index (Phi) is 4.39. The third-order valence-corrected chi connectivity index (χ3v) is 3.00. The van der Waals surface area contributed by atoms with Crippen molar-refractivity contribution >= 4 is 22.5 Å². The van der Waals surface area contributed by atoms with Gasteiger partial charge in [0.1, 0.15) is 6.61 Å². The molecule has 0 aliphatic carbocycles. The van der Waals surface area contributed by atoms with Gasteiger partial charge in [0.15, 0.2) is 0 Å². The fraction of sp³-hybridized carbons (Fsp3) is 0.357. The van der Waals surface area contributed by atoms with Crippen LogP contribution in [-0.4, -0.2) is 37.1 Å². The SMILES string of the molecule is CN(C)CCOc1cc(CCl)c2ccccc2n1. The lowest BCUT2D eigenvalue weighted by Crippen LogP contribution is -2.19. The van der Waals surface area contributed by atoms with Gasteiger partial charge in [-0.2, -0.15) is 0 Å². The number of fused-ring (bicyclic) bond motifs is 1. The van der Waals surface area contributed by atoms with E-state index in [9.17, 15) is 0 Å². The molecule has 4 heteroatoms. The third-order valence-electron chi connectivity index (χ3n) is 2.71. The second kappa shape index (κ2) is 6.03. The molecule has 0 fully saturated rings. The Balaban J connectivity index is 2.24. The zero-order chi connectivity index (χ0) is 13.0. The van der Waals surface area contributed by atoms with Crippen molar-refractivity contribution in [2.45, 2.75) is 5.88 Å². The maximum atomic E-state index is 5.97. The van der Waals surface area contributed by atoms with Crippen molar-refractivity contribution in [1.82, 2.24) is 9.88 Å². The minimum absolute atomic E-state index is 0.465. The van der Waals surface area contributed by atoms with Gasteiger partial charge in [-0.25, -0.2) is 4.98 Å². The number of likely N-dealkylation sites (N-methyl/N-ethyl adjacent to an activating group) is 1. The minimum Gasteiger partial charge on any atom is -0.476 e. The molecule has 96 valence electrons. The van der Waals surface area contributed by atoms with E-state index in [2.05, 4.69) is 9.88 Å². The summed E-state index contributed by atoms with van der Waals surface area (Å²) < 4.78 is 5.66. The molecule has 0 radical (unpaired) electrons. The molecular formula is C14H17ClN2O. The first kappa shape index (κ1) is 13.1. The van der Waals surface area contributed by atoms with E-state index in [1.165, 1.54) is 0 Å². The molecule has 1 heterocycles. The normalized spacial score (nSPS) is 11.1. The van der Waals surface area contributed by atoms with E-state index in [4.69, 9.17) is 16.3 Å². The van der Waals surface area contributed by atoms with Crippen LogP contribution < -0.4 is 4.74 Å². The Bertz CT molecular complexity index is 528. The van der Waals surface area contributed by atoms with E-state index < -0.39 is 0 Å². The predicted molar refractivity (Wildman–Crippen MR) is 75.3 cm³/mol. The molecule has 3 nitrogen and oxygen atoms in total. The van der Waals surface area contributed by atoms with Crippen LogP contribution in [0.15, 0.2) is 30.3 Å². The van der Waals surface area contributed by atoms with Crippen LogP contribution in [0.3, 0.4) is 0 Å². The number of hydrogen-bond donors (Lipinski definition) is 0. The highest BCUT2D eigenvalue weighted by atomic mass is 35.5. The van der Waals surface area contributed by atoms with E-state index in [-0.39, 0.29) is 0 Å². The lowest BCUT2D eigenvalue weighted by molar-refractivity contribution is 0.254. The van der Waals surface area contributed by atoms with Crippen LogP contribution in [0.2, 0.25) is 0 Å². The molecular weight excluding hydrogens is 248 g/mol. The lowest BCUT2D eigenvalue weighted by atomic mass is 10.1. The molecule has 0 spiro atoms. The Morgan fingerprint density at radius 3 is 2.78 bits per heavy atom. The van der Waals surface area contributed by atoms with Gasteiger partial charge in [-0.1, -0.05) is 18.2 Å². The lowest BCUT2D eigenvalue weighted by Gasteiger charge is -2.12. The number of halogens is 1. The number of para-hydroxylation sites is 1. The Morgan fingerprint density at radius 1 is 1.28 bits per heavy atom. The number of rotatable bonds is 5. The number of aromatic nitrogens is 1. The summed E-state index contributed by atoms with van der Waals surface area (Å²) in [7, 11) is 4.03. The van der Waals surface area contributed by atoms with Crippen molar-refractivity contribution in [3.63, 3.8) is 0 Å². The molecule has 18 heavy (non-hydrogen) atoms. The molecule has 2 aromatic rings. The number of benzene rings is 1. The molecule has 0 aliphatic heterocycles. The summed E-state index contributed by atoms with van der Waals surface area (Å²) in [5, 5.41) is 1.09. The predicted octanol–water partition coefficient (Wildman–Crippen LogP) is 2.91. The highest BCUT2D eigenvalue weighted by Gasteiger charge is 2.05. The first-order chi connectivity index (χ1) is 8.70. The van der Waals surface area contributed by atoms with E-state index in [0.29, 0.717) is 18.4 Å². The standard InChI is InChI=1S/C14H17ClN2O/c1-17(2)7-8-18-14-9-11(10-15)12-5-3-4-6-13(12)16-14/h3-6,9H,7-8,10H2,1-2H3. The van der Waals surface area contributed by atoms with Gasteiger partial charge < -0.3 is 9.64 Å². The van der Waals surface area contributed by atoms with Crippen molar-refractivity contribution in [3.8, 4) is 5.88 Å². The van der Waals surface area contributed by atoms with Crippen LogP contribution in [0.1, 0.15) is 5.56 Å². The summed E-state index contributed by atoms with van der Waals surface area (Å²) in [5.41, 5.74) is 1.98. The second-order valence-electron chi connectivity index (χ2n) is 4.42. The number of nitrogens with zero attached hydrogens (tertiary/aromatic N) is 2. The van der Waals surface area contributed by atoms with Gasteiger partial charge >= 0.3 is 0 Å². The van der Waals surface area contributed by atoms with Crippen LogP contribution >= 0.6 is 11.6 Å². The van der Waals surface area contributed by atoms with Gasteiger partial charge in [0.2, 0.25) is 5.88 Å². The summed E-state index contributed by atoms with van der Waals surface area (Å²) in [6.07, 6.45) is 0. The van der Waals surface area contributed by atoms with E-state index in [0.717, 1.165) is 23.0 Å². The Morgan fingerprint density at radius 2 is 2.06 bits per heavy atom. The highest BCUT2D eigenvalue weighted by molar-refractivity contribution is 6.18. The molecule has 1 aromatic heterocycles. The average Bonchev–Trinajstić information content (AvgIpc) is 2.37. The van der Waals surface area contributed by atoms with Gasteiger partial charge in [-0.15, -0.1) is 11.6 Å².